The monoisotopic (exact) mass is 272 g/mol. The molecule has 0 saturated carbocycles. The minimum atomic E-state index is -1.29. The predicted octanol–water partition coefficient (Wildman–Crippen LogP) is 1.36. The first-order valence-corrected chi connectivity index (χ1v) is 5.45. The van der Waals surface area contributed by atoms with Crippen LogP contribution >= 0.6 is 0 Å². The first-order valence-electron chi connectivity index (χ1n) is 5.45. The van der Waals surface area contributed by atoms with E-state index in [1.807, 2.05) is 0 Å². The van der Waals surface area contributed by atoms with Crippen molar-refractivity contribution in [2.24, 2.45) is 0 Å². The predicted molar refractivity (Wildman–Crippen MR) is 64.7 cm³/mol. The van der Waals surface area contributed by atoms with Crippen LogP contribution in [-0.4, -0.2) is 29.1 Å². The largest absolute Gasteiger partial charge is 0.480 e. The standard InChI is InChI=1S/C12H14F2N2O3/c1-12(2,11(18)19)15-6-10(17)16-9-5-7(13)3-4-8(9)14/h3-5,15H,6H2,1-2H3,(H,16,17)(H,18,19). The summed E-state index contributed by atoms with van der Waals surface area (Å²) >= 11 is 0. The van der Waals surface area contributed by atoms with Gasteiger partial charge in [0.1, 0.15) is 17.2 Å². The molecule has 0 aromatic heterocycles. The molecular weight excluding hydrogens is 258 g/mol. The van der Waals surface area contributed by atoms with Crippen molar-refractivity contribution in [3.8, 4) is 0 Å². The van der Waals surface area contributed by atoms with Gasteiger partial charge in [-0.1, -0.05) is 0 Å². The number of halogens is 2. The lowest BCUT2D eigenvalue weighted by atomic mass is 10.1. The third-order valence-electron chi connectivity index (χ3n) is 2.43. The van der Waals surface area contributed by atoms with Gasteiger partial charge in [0.2, 0.25) is 5.91 Å². The lowest BCUT2D eigenvalue weighted by Gasteiger charge is -2.20. The van der Waals surface area contributed by atoms with Crippen LogP contribution in [-0.2, 0) is 9.59 Å². The number of hydrogen-bond acceptors (Lipinski definition) is 3. The van der Waals surface area contributed by atoms with Crippen LogP contribution in [0.25, 0.3) is 0 Å². The molecule has 0 unspecified atom stereocenters. The molecule has 0 aliphatic heterocycles. The quantitative estimate of drug-likeness (QED) is 0.756. The van der Waals surface area contributed by atoms with Crippen molar-refractivity contribution < 1.29 is 23.5 Å². The fourth-order valence-corrected chi connectivity index (χ4v) is 1.16. The number of anilines is 1. The van der Waals surface area contributed by atoms with Crippen LogP contribution < -0.4 is 10.6 Å². The molecular formula is C12H14F2N2O3. The topological polar surface area (TPSA) is 78.4 Å². The van der Waals surface area contributed by atoms with Gasteiger partial charge in [0.25, 0.3) is 0 Å². The highest BCUT2D eigenvalue weighted by molar-refractivity contribution is 5.93. The summed E-state index contributed by atoms with van der Waals surface area (Å²) in [7, 11) is 0. The number of carboxylic acid groups (broad SMARTS) is 1. The Kier molecular flexibility index (Phi) is 4.55. The average molecular weight is 272 g/mol. The maximum atomic E-state index is 13.2. The Morgan fingerprint density at radius 2 is 1.95 bits per heavy atom. The van der Waals surface area contributed by atoms with Crippen LogP contribution in [0.5, 0.6) is 0 Å². The second-order valence-corrected chi connectivity index (χ2v) is 4.46. The molecule has 1 aromatic carbocycles. The molecule has 0 fully saturated rings. The maximum absolute atomic E-state index is 13.2. The van der Waals surface area contributed by atoms with E-state index in [0.29, 0.717) is 0 Å². The minimum Gasteiger partial charge on any atom is -0.480 e. The Hall–Kier alpha value is -2.02. The van der Waals surface area contributed by atoms with Gasteiger partial charge in [-0.15, -0.1) is 0 Å². The first kappa shape index (κ1) is 15.0. The summed E-state index contributed by atoms with van der Waals surface area (Å²) in [5.41, 5.74) is -1.59. The van der Waals surface area contributed by atoms with Gasteiger partial charge in [-0.3, -0.25) is 14.9 Å². The molecule has 0 atom stereocenters. The Balaban J connectivity index is 2.61. The van der Waals surface area contributed by atoms with E-state index >= 15 is 0 Å². The van der Waals surface area contributed by atoms with E-state index in [1.54, 1.807) is 0 Å². The van der Waals surface area contributed by atoms with Crippen molar-refractivity contribution in [2.45, 2.75) is 19.4 Å². The van der Waals surface area contributed by atoms with Gasteiger partial charge < -0.3 is 10.4 Å². The molecule has 1 aromatic rings. The van der Waals surface area contributed by atoms with E-state index in [9.17, 15) is 18.4 Å². The number of carbonyl (C=O) groups is 2. The van der Waals surface area contributed by atoms with Gasteiger partial charge in [0.15, 0.2) is 0 Å². The molecule has 7 heteroatoms. The Morgan fingerprint density at radius 1 is 1.32 bits per heavy atom. The molecule has 0 radical (unpaired) electrons. The molecule has 0 aliphatic carbocycles. The summed E-state index contributed by atoms with van der Waals surface area (Å²) < 4.78 is 26.1. The van der Waals surface area contributed by atoms with Crippen LogP contribution in [0, 0.1) is 11.6 Å². The van der Waals surface area contributed by atoms with E-state index in [-0.39, 0.29) is 12.2 Å². The van der Waals surface area contributed by atoms with Gasteiger partial charge >= 0.3 is 5.97 Å². The first-order chi connectivity index (χ1) is 8.72. The lowest BCUT2D eigenvalue weighted by Crippen LogP contribution is -2.49. The minimum absolute atomic E-state index is 0.292. The van der Waals surface area contributed by atoms with Crippen molar-refractivity contribution in [1.82, 2.24) is 5.32 Å². The van der Waals surface area contributed by atoms with E-state index in [4.69, 9.17) is 5.11 Å². The van der Waals surface area contributed by atoms with Crippen LogP contribution in [0.3, 0.4) is 0 Å². The summed E-state index contributed by atoms with van der Waals surface area (Å²) in [5, 5.41) is 13.5. The number of amides is 1. The lowest BCUT2D eigenvalue weighted by molar-refractivity contribution is -0.143. The van der Waals surface area contributed by atoms with Gasteiger partial charge in [0, 0.05) is 6.07 Å². The van der Waals surface area contributed by atoms with E-state index in [1.165, 1.54) is 13.8 Å². The molecule has 1 amide bonds. The highest BCUT2D eigenvalue weighted by atomic mass is 19.1. The van der Waals surface area contributed by atoms with Crippen LogP contribution in [0.2, 0.25) is 0 Å². The summed E-state index contributed by atoms with van der Waals surface area (Å²) in [4.78, 5) is 22.3. The molecule has 5 nitrogen and oxygen atoms in total. The van der Waals surface area contributed by atoms with Gasteiger partial charge in [-0.25, -0.2) is 8.78 Å². The van der Waals surface area contributed by atoms with Gasteiger partial charge in [-0.2, -0.15) is 0 Å². The number of nitrogens with one attached hydrogen (secondary N) is 2. The molecule has 0 aliphatic rings. The normalized spacial score (nSPS) is 11.2. The number of benzene rings is 1. The zero-order valence-electron chi connectivity index (χ0n) is 10.5. The van der Waals surface area contributed by atoms with E-state index in [2.05, 4.69) is 10.6 Å². The summed E-state index contributed by atoms with van der Waals surface area (Å²) in [6.07, 6.45) is 0. The highest BCUT2D eigenvalue weighted by Gasteiger charge is 2.26. The van der Waals surface area contributed by atoms with E-state index in [0.717, 1.165) is 18.2 Å². The molecule has 19 heavy (non-hydrogen) atoms. The third-order valence-corrected chi connectivity index (χ3v) is 2.43. The second kappa shape index (κ2) is 5.75. The molecule has 0 saturated heterocycles. The molecule has 104 valence electrons. The molecule has 1 rings (SSSR count). The van der Waals surface area contributed by atoms with Crippen molar-refractivity contribution in [3.63, 3.8) is 0 Å². The number of carboxylic acids is 1. The van der Waals surface area contributed by atoms with Crippen LogP contribution in [0.15, 0.2) is 18.2 Å². The molecule has 3 N–H and O–H groups in total. The Bertz CT molecular complexity index is 504. The Labute approximate surface area is 108 Å². The maximum Gasteiger partial charge on any atom is 0.323 e. The average Bonchev–Trinajstić information content (AvgIpc) is 2.31. The SMILES string of the molecule is CC(C)(NCC(=O)Nc1cc(F)ccc1F)C(=O)O. The van der Waals surface area contributed by atoms with Crippen molar-refractivity contribution in [1.29, 1.82) is 0 Å². The number of hydrogen-bond donors (Lipinski definition) is 3. The van der Waals surface area contributed by atoms with Gasteiger partial charge in [0.05, 0.1) is 12.2 Å². The highest BCUT2D eigenvalue weighted by Crippen LogP contribution is 2.14. The second-order valence-electron chi connectivity index (χ2n) is 4.46. The van der Waals surface area contributed by atoms with E-state index < -0.39 is 29.0 Å². The third kappa shape index (κ3) is 4.29. The van der Waals surface area contributed by atoms with Crippen LogP contribution in [0.1, 0.15) is 13.8 Å². The number of aliphatic carboxylic acids is 1. The number of rotatable bonds is 5. The number of carbonyl (C=O) groups excluding carboxylic acids is 1. The van der Waals surface area contributed by atoms with Crippen molar-refractivity contribution in [2.75, 3.05) is 11.9 Å². The smallest absolute Gasteiger partial charge is 0.323 e. The van der Waals surface area contributed by atoms with Crippen molar-refractivity contribution in [3.05, 3.63) is 29.8 Å². The zero-order valence-corrected chi connectivity index (χ0v) is 10.5. The fraction of sp³-hybridized carbons (Fsp3) is 0.333. The zero-order chi connectivity index (χ0) is 14.6. The summed E-state index contributed by atoms with van der Waals surface area (Å²) in [6.45, 7) is 2.42. The van der Waals surface area contributed by atoms with Crippen molar-refractivity contribution >= 4 is 17.6 Å². The molecule has 0 heterocycles. The fourth-order valence-electron chi connectivity index (χ4n) is 1.16. The molecule has 0 bridgehead atoms. The summed E-state index contributed by atoms with van der Waals surface area (Å²) in [6, 6.07) is 2.66. The van der Waals surface area contributed by atoms with Crippen LogP contribution in [0.4, 0.5) is 14.5 Å². The Morgan fingerprint density at radius 3 is 2.53 bits per heavy atom. The van der Waals surface area contributed by atoms with Gasteiger partial charge in [-0.05, 0) is 26.0 Å². The molecule has 0 spiro atoms. The summed E-state index contributed by atoms with van der Waals surface area (Å²) in [5.74, 6) is -3.25.